The molecule has 2 aromatic rings. The van der Waals surface area contributed by atoms with Crippen LogP contribution in [0.3, 0.4) is 0 Å². The minimum Gasteiger partial charge on any atom is -0.399 e. The Balaban J connectivity index is 1.73. The SMILES string of the molecule is C=C1C[C@H](/C=C(/C2=CC=C(CNCC)CC2)c2ccc(C)cc2)c2ccc(N)cc21. The van der Waals surface area contributed by atoms with E-state index in [1.54, 1.807) is 0 Å². The third-order valence-electron chi connectivity index (χ3n) is 6.24. The first-order valence-electron chi connectivity index (χ1n) is 11.0. The number of allylic oxidation sites excluding steroid dienone is 6. The van der Waals surface area contributed by atoms with E-state index in [0.717, 1.165) is 38.0 Å². The lowest BCUT2D eigenvalue weighted by Crippen LogP contribution is -2.17. The number of aryl methyl sites for hydroxylation is 1. The number of nitrogen functional groups attached to an aromatic ring is 1. The highest BCUT2D eigenvalue weighted by molar-refractivity contribution is 5.83. The normalized spacial score (nSPS) is 18.8. The van der Waals surface area contributed by atoms with Gasteiger partial charge in [-0.05, 0) is 78.3 Å². The number of fused-ring (bicyclic) bond motifs is 1. The van der Waals surface area contributed by atoms with Gasteiger partial charge in [0, 0.05) is 18.2 Å². The molecule has 4 rings (SSSR count). The number of hydrogen-bond donors (Lipinski definition) is 2. The van der Waals surface area contributed by atoms with E-state index in [0.29, 0.717) is 5.92 Å². The van der Waals surface area contributed by atoms with Gasteiger partial charge in [0.15, 0.2) is 0 Å². The fraction of sp³-hybridized carbons (Fsp3) is 0.286. The molecule has 0 saturated carbocycles. The van der Waals surface area contributed by atoms with Crippen molar-refractivity contribution in [3.8, 4) is 0 Å². The maximum Gasteiger partial charge on any atom is 0.0320 e. The van der Waals surface area contributed by atoms with Gasteiger partial charge in [-0.3, -0.25) is 0 Å². The zero-order valence-electron chi connectivity index (χ0n) is 18.2. The van der Waals surface area contributed by atoms with Gasteiger partial charge in [-0.1, -0.05) is 73.2 Å². The Kier molecular flexibility index (Phi) is 6.06. The van der Waals surface area contributed by atoms with Crippen LogP contribution in [0.15, 0.2) is 78.4 Å². The van der Waals surface area contributed by atoms with Crippen LogP contribution in [-0.4, -0.2) is 13.1 Å². The molecule has 1 atom stereocenters. The van der Waals surface area contributed by atoms with E-state index in [1.165, 1.54) is 44.5 Å². The van der Waals surface area contributed by atoms with E-state index < -0.39 is 0 Å². The number of rotatable bonds is 6. The van der Waals surface area contributed by atoms with Crippen molar-refractivity contribution >= 4 is 16.8 Å². The fourth-order valence-electron chi connectivity index (χ4n) is 4.50. The van der Waals surface area contributed by atoms with Gasteiger partial charge < -0.3 is 11.1 Å². The van der Waals surface area contributed by atoms with Crippen LogP contribution in [-0.2, 0) is 0 Å². The standard InChI is InChI=1S/C28H32N2/c1-4-30-18-21-7-11-23(12-8-21)28(22-9-5-19(2)6-10-22)16-24-15-20(3)27-17-25(29)13-14-26(24)27/h5-7,9-11,13-14,16-17,24,30H,3-4,8,12,15,18,29H2,1-2H3/b28-16+/t24-/m1/s1. The Bertz CT molecular complexity index is 1030. The van der Waals surface area contributed by atoms with Crippen LogP contribution >= 0.6 is 0 Å². The number of hydrogen-bond acceptors (Lipinski definition) is 2. The topological polar surface area (TPSA) is 38.0 Å². The molecule has 2 aliphatic rings. The summed E-state index contributed by atoms with van der Waals surface area (Å²) in [5, 5.41) is 3.45. The van der Waals surface area contributed by atoms with Gasteiger partial charge in [0.05, 0.1) is 0 Å². The molecular formula is C28H32N2. The predicted molar refractivity (Wildman–Crippen MR) is 130 cm³/mol. The quantitative estimate of drug-likeness (QED) is 0.553. The van der Waals surface area contributed by atoms with E-state index in [1.807, 2.05) is 6.07 Å². The van der Waals surface area contributed by atoms with E-state index >= 15 is 0 Å². The average molecular weight is 397 g/mol. The lowest BCUT2D eigenvalue weighted by Gasteiger charge is -2.20. The summed E-state index contributed by atoms with van der Waals surface area (Å²) in [5.74, 6) is 0.345. The first-order valence-corrected chi connectivity index (χ1v) is 11.0. The number of likely N-dealkylation sites (N-methyl/N-ethyl adjacent to an activating group) is 1. The van der Waals surface area contributed by atoms with Crippen LogP contribution in [0, 0.1) is 6.92 Å². The van der Waals surface area contributed by atoms with Crippen LogP contribution in [0.25, 0.3) is 11.1 Å². The molecule has 0 unspecified atom stereocenters. The Morgan fingerprint density at radius 2 is 1.93 bits per heavy atom. The zero-order valence-corrected chi connectivity index (χ0v) is 18.2. The number of nitrogens with two attached hydrogens (primary N) is 1. The van der Waals surface area contributed by atoms with Crippen molar-refractivity contribution in [2.45, 2.75) is 39.0 Å². The van der Waals surface area contributed by atoms with Gasteiger partial charge in [-0.15, -0.1) is 0 Å². The van der Waals surface area contributed by atoms with Crippen molar-refractivity contribution in [1.29, 1.82) is 0 Å². The lowest BCUT2D eigenvalue weighted by atomic mass is 9.86. The molecule has 30 heavy (non-hydrogen) atoms. The predicted octanol–water partition coefficient (Wildman–Crippen LogP) is 6.42. The molecule has 0 heterocycles. The molecule has 0 aliphatic heterocycles. The van der Waals surface area contributed by atoms with E-state index in [-0.39, 0.29) is 0 Å². The monoisotopic (exact) mass is 396 g/mol. The first kappa shape index (κ1) is 20.4. The summed E-state index contributed by atoms with van der Waals surface area (Å²) in [5.41, 5.74) is 17.5. The van der Waals surface area contributed by atoms with Crippen LogP contribution in [0.4, 0.5) is 5.69 Å². The van der Waals surface area contributed by atoms with Crippen molar-refractivity contribution in [3.05, 3.63) is 101 Å². The number of anilines is 1. The molecule has 2 heteroatoms. The van der Waals surface area contributed by atoms with Crippen LogP contribution in [0.1, 0.15) is 54.4 Å². The highest BCUT2D eigenvalue weighted by atomic mass is 14.8. The summed E-state index contributed by atoms with van der Waals surface area (Å²) in [6.45, 7) is 10.6. The summed E-state index contributed by atoms with van der Waals surface area (Å²) in [6, 6.07) is 15.2. The Morgan fingerprint density at radius 3 is 2.63 bits per heavy atom. The molecule has 0 saturated heterocycles. The van der Waals surface area contributed by atoms with Gasteiger partial charge in [0.25, 0.3) is 0 Å². The largest absolute Gasteiger partial charge is 0.399 e. The minimum atomic E-state index is 0.345. The smallest absolute Gasteiger partial charge is 0.0320 e. The summed E-state index contributed by atoms with van der Waals surface area (Å²) < 4.78 is 0. The molecule has 0 amide bonds. The second kappa shape index (κ2) is 8.89. The van der Waals surface area contributed by atoms with E-state index in [4.69, 9.17) is 5.73 Å². The second-order valence-electron chi connectivity index (χ2n) is 8.50. The molecule has 0 radical (unpaired) electrons. The molecule has 2 aromatic carbocycles. The summed E-state index contributed by atoms with van der Waals surface area (Å²) in [7, 11) is 0. The second-order valence-corrected chi connectivity index (χ2v) is 8.50. The van der Waals surface area contributed by atoms with Gasteiger partial charge in [0.2, 0.25) is 0 Å². The van der Waals surface area contributed by atoms with Gasteiger partial charge in [-0.2, -0.15) is 0 Å². The summed E-state index contributed by atoms with van der Waals surface area (Å²) in [4.78, 5) is 0. The highest BCUT2D eigenvalue weighted by Crippen LogP contribution is 2.44. The summed E-state index contributed by atoms with van der Waals surface area (Å²) >= 11 is 0. The van der Waals surface area contributed by atoms with Gasteiger partial charge >= 0.3 is 0 Å². The van der Waals surface area contributed by atoms with Crippen molar-refractivity contribution in [2.75, 3.05) is 18.8 Å². The van der Waals surface area contributed by atoms with Crippen molar-refractivity contribution < 1.29 is 0 Å². The van der Waals surface area contributed by atoms with Crippen molar-refractivity contribution in [3.63, 3.8) is 0 Å². The Labute approximate surface area is 180 Å². The molecule has 0 aromatic heterocycles. The van der Waals surface area contributed by atoms with Crippen LogP contribution in [0.2, 0.25) is 0 Å². The van der Waals surface area contributed by atoms with E-state index in [9.17, 15) is 0 Å². The minimum absolute atomic E-state index is 0.345. The first-order chi connectivity index (χ1) is 14.5. The molecular weight excluding hydrogens is 364 g/mol. The van der Waals surface area contributed by atoms with E-state index in [2.05, 4.69) is 80.4 Å². The van der Waals surface area contributed by atoms with Gasteiger partial charge in [-0.25, -0.2) is 0 Å². The van der Waals surface area contributed by atoms with Crippen molar-refractivity contribution in [1.82, 2.24) is 5.32 Å². The van der Waals surface area contributed by atoms with Crippen LogP contribution in [0.5, 0.6) is 0 Å². The third kappa shape index (κ3) is 4.34. The highest BCUT2D eigenvalue weighted by Gasteiger charge is 2.25. The zero-order chi connectivity index (χ0) is 21.1. The maximum absolute atomic E-state index is 6.03. The lowest BCUT2D eigenvalue weighted by molar-refractivity contribution is 0.741. The molecule has 3 N–H and O–H groups in total. The maximum atomic E-state index is 6.03. The van der Waals surface area contributed by atoms with Gasteiger partial charge in [0.1, 0.15) is 0 Å². The van der Waals surface area contributed by atoms with Crippen LogP contribution < -0.4 is 11.1 Å². The average Bonchev–Trinajstić information content (AvgIpc) is 3.06. The summed E-state index contributed by atoms with van der Waals surface area (Å²) in [6.07, 6.45) is 10.3. The Hall–Kier alpha value is -2.84. The molecule has 0 fully saturated rings. The number of nitrogens with one attached hydrogen (secondary N) is 1. The molecule has 2 nitrogen and oxygen atoms in total. The molecule has 0 spiro atoms. The molecule has 0 bridgehead atoms. The molecule has 2 aliphatic carbocycles. The third-order valence-corrected chi connectivity index (χ3v) is 6.24. The molecule has 154 valence electrons. The fourth-order valence-corrected chi connectivity index (χ4v) is 4.50. The Morgan fingerprint density at radius 1 is 1.13 bits per heavy atom. The number of benzene rings is 2. The van der Waals surface area contributed by atoms with Crippen molar-refractivity contribution in [2.24, 2.45) is 0 Å².